The molecular formula is C19H28O2. The van der Waals surface area contributed by atoms with Crippen molar-refractivity contribution in [2.24, 2.45) is 41.4 Å². The van der Waals surface area contributed by atoms with Crippen LogP contribution in [-0.2, 0) is 9.53 Å². The lowest BCUT2D eigenvalue weighted by Gasteiger charge is -2.36. The Morgan fingerprint density at radius 2 is 1.86 bits per heavy atom. The second kappa shape index (κ2) is 4.60. The predicted molar refractivity (Wildman–Crippen MR) is 82.5 cm³/mol. The Morgan fingerprint density at radius 3 is 2.57 bits per heavy atom. The van der Waals surface area contributed by atoms with Gasteiger partial charge in [-0.2, -0.15) is 0 Å². The Morgan fingerprint density at radius 1 is 1.14 bits per heavy atom. The number of hydrogen-bond donors (Lipinski definition) is 0. The fraction of sp³-hybridized carbons (Fsp3) is 0.842. The molecule has 2 nitrogen and oxygen atoms in total. The summed E-state index contributed by atoms with van der Waals surface area (Å²) >= 11 is 0. The number of rotatable bonds is 4. The molecule has 0 saturated heterocycles. The monoisotopic (exact) mass is 288 g/mol. The second-order valence-electron chi connectivity index (χ2n) is 8.55. The van der Waals surface area contributed by atoms with Crippen molar-refractivity contribution in [3.8, 4) is 0 Å². The van der Waals surface area contributed by atoms with Crippen molar-refractivity contribution in [1.82, 2.24) is 0 Å². The minimum atomic E-state index is -0.299. The molecule has 0 heterocycles. The molecule has 0 aromatic carbocycles. The van der Waals surface area contributed by atoms with E-state index in [-0.39, 0.29) is 11.6 Å². The van der Waals surface area contributed by atoms with E-state index >= 15 is 0 Å². The number of carbonyl (C=O) groups excluding carboxylic acids is 1. The average molecular weight is 288 g/mol. The van der Waals surface area contributed by atoms with Gasteiger partial charge in [0.25, 0.3) is 0 Å². The molecule has 4 aliphatic carbocycles. The highest BCUT2D eigenvalue weighted by Crippen LogP contribution is 2.67. The van der Waals surface area contributed by atoms with E-state index in [1.165, 1.54) is 19.3 Å². The van der Waals surface area contributed by atoms with Crippen molar-refractivity contribution >= 4 is 5.97 Å². The van der Waals surface area contributed by atoms with Gasteiger partial charge >= 0.3 is 5.97 Å². The van der Waals surface area contributed by atoms with Gasteiger partial charge in [-0.05, 0) is 81.0 Å². The summed E-state index contributed by atoms with van der Waals surface area (Å²) in [6.07, 6.45) is 10.6. The van der Waals surface area contributed by atoms with Crippen LogP contribution in [-0.4, -0.2) is 11.6 Å². The van der Waals surface area contributed by atoms with Crippen LogP contribution in [0.2, 0.25) is 0 Å². The van der Waals surface area contributed by atoms with Gasteiger partial charge in [0.05, 0.1) is 0 Å². The zero-order valence-corrected chi connectivity index (χ0v) is 13.5. The molecule has 4 rings (SSSR count). The van der Waals surface area contributed by atoms with Crippen LogP contribution >= 0.6 is 0 Å². The maximum absolute atomic E-state index is 12.3. The zero-order valence-electron chi connectivity index (χ0n) is 13.5. The van der Waals surface area contributed by atoms with Gasteiger partial charge in [0, 0.05) is 6.42 Å². The van der Waals surface area contributed by atoms with E-state index in [4.69, 9.17) is 4.74 Å². The van der Waals surface area contributed by atoms with Gasteiger partial charge in [-0.15, -0.1) is 0 Å². The molecule has 0 amide bonds. The number of esters is 1. The molecule has 2 heteroatoms. The van der Waals surface area contributed by atoms with Crippen LogP contribution in [0.15, 0.2) is 12.2 Å². The van der Waals surface area contributed by atoms with Gasteiger partial charge < -0.3 is 4.74 Å². The van der Waals surface area contributed by atoms with Crippen LogP contribution in [0.3, 0.4) is 0 Å². The maximum Gasteiger partial charge on any atom is 0.306 e. The van der Waals surface area contributed by atoms with Crippen molar-refractivity contribution in [3.63, 3.8) is 0 Å². The van der Waals surface area contributed by atoms with Crippen molar-refractivity contribution < 1.29 is 9.53 Å². The SMILES string of the molecule is CCC(C)(C)OC(=O)CC1CC2CC1C1C3C=CC(C3)C21. The minimum absolute atomic E-state index is 0.0367. The lowest BCUT2D eigenvalue weighted by Crippen LogP contribution is -2.34. The molecule has 3 saturated carbocycles. The Kier molecular flexibility index (Phi) is 3.03. The maximum atomic E-state index is 12.3. The average Bonchev–Trinajstić information content (AvgIpc) is 3.16. The van der Waals surface area contributed by atoms with Gasteiger partial charge in [-0.25, -0.2) is 0 Å². The van der Waals surface area contributed by atoms with E-state index in [2.05, 4.69) is 19.1 Å². The number of carbonyl (C=O) groups is 1. The van der Waals surface area contributed by atoms with Crippen molar-refractivity contribution in [3.05, 3.63) is 12.2 Å². The van der Waals surface area contributed by atoms with E-state index < -0.39 is 0 Å². The second-order valence-corrected chi connectivity index (χ2v) is 8.55. The van der Waals surface area contributed by atoms with Gasteiger partial charge in [0.15, 0.2) is 0 Å². The highest BCUT2D eigenvalue weighted by atomic mass is 16.6. The normalized spacial score (nSPS) is 46.1. The third kappa shape index (κ3) is 2.09. The smallest absolute Gasteiger partial charge is 0.306 e. The van der Waals surface area contributed by atoms with Gasteiger partial charge in [0.1, 0.15) is 5.60 Å². The summed E-state index contributed by atoms with van der Waals surface area (Å²) in [5.41, 5.74) is -0.299. The quantitative estimate of drug-likeness (QED) is 0.440. The van der Waals surface area contributed by atoms with E-state index in [1.54, 1.807) is 0 Å². The summed E-state index contributed by atoms with van der Waals surface area (Å²) in [5.74, 6) is 5.91. The summed E-state index contributed by atoms with van der Waals surface area (Å²) in [4.78, 5) is 12.3. The number of allylic oxidation sites excluding steroid dienone is 2. The molecule has 21 heavy (non-hydrogen) atoms. The predicted octanol–water partition coefficient (Wildman–Crippen LogP) is 4.20. The van der Waals surface area contributed by atoms with E-state index in [0.29, 0.717) is 12.3 Å². The molecule has 4 bridgehead atoms. The molecule has 116 valence electrons. The van der Waals surface area contributed by atoms with Crippen molar-refractivity contribution in [2.45, 2.75) is 58.5 Å². The van der Waals surface area contributed by atoms with E-state index in [1.807, 2.05) is 13.8 Å². The third-order valence-corrected chi connectivity index (χ3v) is 7.08. The van der Waals surface area contributed by atoms with E-state index in [9.17, 15) is 4.79 Å². The first-order chi connectivity index (χ1) is 9.98. The molecule has 3 fully saturated rings. The first kappa shape index (κ1) is 13.8. The Balaban J connectivity index is 1.41. The van der Waals surface area contributed by atoms with Gasteiger partial charge in [-0.3, -0.25) is 4.79 Å². The topological polar surface area (TPSA) is 26.3 Å². The minimum Gasteiger partial charge on any atom is -0.460 e. The highest BCUT2D eigenvalue weighted by Gasteiger charge is 2.60. The first-order valence-corrected chi connectivity index (χ1v) is 8.88. The molecule has 7 unspecified atom stereocenters. The number of fused-ring (bicyclic) bond motifs is 9. The summed E-state index contributed by atoms with van der Waals surface area (Å²) in [6.45, 7) is 6.11. The lowest BCUT2D eigenvalue weighted by atomic mass is 9.69. The van der Waals surface area contributed by atoms with Crippen LogP contribution in [0.25, 0.3) is 0 Å². The molecule has 0 aliphatic heterocycles. The summed E-state index contributed by atoms with van der Waals surface area (Å²) < 4.78 is 5.68. The molecular weight excluding hydrogens is 260 g/mol. The molecule has 0 radical (unpaired) electrons. The molecule has 0 N–H and O–H groups in total. The van der Waals surface area contributed by atoms with Crippen molar-refractivity contribution in [2.75, 3.05) is 0 Å². The molecule has 0 aromatic heterocycles. The van der Waals surface area contributed by atoms with Crippen LogP contribution in [0.1, 0.15) is 52.9 Å². The fourth-order valence-electron chi connectivity index (χ4n) is 6.02. The van der Waals surface area contributed by atoms with Crippen LogP contribution in [0.4, 0.5) is 0 Å². The van der Waals surface area contributed by atoms with Crippen LogP contribution < -0.4 is 0 Å². The Hall–Kier alpha value is -0.790. The van der Waals surface area contributed by atoms with Gasteiger partial charge in [0.2, 0.25) is 0 Å². The van der Waals surface area contributed by atoms with Gasteiger partial charge in [-0.1, -0.05) is 19.1 Å². The standard InChI is InChI=1S/C19H28O2/c1-4-19(2,3)21-16(20)10-13-8-14-9-15(13)18-12-6-5-11(7-12)17(14)18/h5-6,11-15,17-18H,4,7-10H2,1-3H3. The van der Waals surface area contributed by atoms with Crippen LogP contribution in [0, 0.1) is 41.4 Å². The van der Waals surface area contributed by atoms with Crippen molar-refractivity contribution in [1.29, 1.82) is 0 Å². The highest BCUT2D eigenvalue weighted by molar-refractivity contribution is 5.70. The fourth-order valence-corrected chi connectivity index (χ4v) is 6.02. The Bertz CT molecular complexity index is 478. The zero-order chi connectivity index (χ0) is 14.8. The third-order valence-electron chi connectivity index (χ3n) is 7.08. The summed E-state index contributed by atoms with van der Waals surface area (Å²) in [7, 11) is 0. The number of hydrogen-bond acceptors (Lipinski definition) is 2. The van der Waals surface area contributed by atoms with E-state index in [0.717, 1.165) is 41.9 Å². The number of ether oxygens (including phenoxy) is 1. The lowest BCUT2D eigenvalue weighted by molar-refractivity contribution is -0.158. The first-order valence-electron chi connectivity index (χ1n) is 8.88. The molecule has 0 spiro atoms. The molecule has 0 aromatic rings. The molecule has 7 atom stereocenters. The Labute approximate surface area is 128 Å². The summed E-state index contributed by atoms with van der Waals surface area (Å²) in [6, 6.07) is 0. The molecule has 4 aliphatic rings. The summed E-state index contributed by atoms with van der Waals surface area (Å²) in [5, 5.41) is 0. The van der Waals surface area contributed by atoms with Crippen LogP contribution in [0.5, 0.6) is 0 Å². The largest absolute Gasteiger partial charge is 0.460 e.